The summed E-state index contributed by atoms with van der Waals surface area (Å²) in [5, 5.41) is 13.3. The van der Waals surface area contributed by atoms with Gasteiger partial charge in [0, 0.05) is 31.1 Å². The molecule has 0 bridgehead atoms. The van der Waals surface area contributed by atoms with Gasteiger partial charge in [-0.1, -0.05) is 30.3 Å². The van der Waals surface area contributed by atoms with E-state index in [0.717, 1.165) is 11.1 Å². The third kappa shape index (κ3) is 3.20. The summed E-state index contributed by atoms with van der Waals surface area (Å²) in [5.74, 6) is 0.129. The number of hydrogen-bond donors (Lipinski definition) is 2. The smallest absolute Gasteiger partial charge is 0.256 e. The predicted molar refractivity (Wildman–Crippen MR) is 103 cm³/mol. The molecular formula is C20H19N5O3. The maximum absolute atomic E-state index is 12.8. The molecule has 0 aliphatic carbocycles. The van der Waals surface area contributed by atoms with Crippen LogP contribution in [0.15, 0.2) is 48.7 Å². The van der Waals surface area contributed by atoms with E-state index in [0.29, 0.717) is 29.3 Å². The number of carbonyl (C=O) groups excluding carboxylic acids is 2. The fourth-order valence-electron chi connectivity index (χ4n) is 3.31. The van der Waals surface area contributed by atoms with Gasteiger partial charge >= 0.3 is 0 Å². The fourth-order valence-corrected chi connectivity index (χ4v) is 3.31. The second kappa shape index (κ2) is 7.15. The minimum atomic E-state index is -0.368. The number of fused-ring (bicyclic) bond motifs is 1. The molecule has 0 unspecified atom stereocenters. The average molecular weight is 377 g/mol. The van der Waals surface area contributed by atoms with Crippen LogP contribution in [0.4, 0.5) is 5.82 Å². The van der Waals surface area contributed by atoms with E-state index in [-0.39, 0.29) is 17.7 Å². The van der Waals surface area contributed by atoms with Crippen molar-refractivity contribution in [3.63, 3.8) is 0 Å². The number of hydrogen-bond acceptors (Lipinski definition) is 5. The number of nitrogens with one attached hydrogen (secondary N) is 2. The molecule has 142 valence electrons. The zero-order chi connectivity index (χ0) is 19.7. The third-order valence-electron chi connectivity index (χ3n) is 4.66. The van der Waals surface area contributed by atoms with Crippen LogP contribution in [-0.4, -0.2) is 40.5 Å². The van der Waals surface area contributed by atoms with Gasteiger partial charge in [-0.2, -0.15) is 9.90 Å². The van der Waals surface area contributed by atoms with Crippen LogP contribution in [0.25, 0.3) is 0 Å². The molecule has 1 aromatic heterocycles. The lowest BCUT2D eigenvalue weighted by Gasteiger charge is -2.12. The Morgan fingerprint density at radius 3 is 2.64 bits per heavy atom. The van der Waals surface area contributed by atoms with Crippen LogP contribution >= 0.6 is 0 Å². The second-order valence-corrected chi connectivity index (χ2v) is 6.47. The lowest BCUT2D eigenvalue weighted by atomic mass is 9.90. The Bertz CT molecular complexity index is 1050. The highest BCUT2D eigenvalue weighted by Crippen LogP contribution is 2.41. The van der Waals surface area contributed by atoms with Crippen molar-refractivity contribution < 1.29 is 14.3 Å². The molecule has 2 aromatic carbocycles. The lowest BCUT2D eigenvalue weighted by molar-refractivity contribution is 0.0960. The van der Waals surface area contributed by atoms with Crippen molar-refractivity contribution in [2.75, 3.05) is 19.0 Å². The van der Waals surface area contributed by atoms with E-state index in [9.17, 15) is 9.59 Å². The Hall–Kier alpha value is -3.68. The van der Waals surface area contributed by atoms with Crippen LogP contribution in [0.2, 0.25) is 0 Å². The molecule has 1 aliphatic heterocycles. The molecule has 2 N–H and O–H groups in total. The number of carbonyl (C=O) groups is 2. The molecule has 28 heavy (non-hydrogen) atoms. The molecule has 0 saturated carbocycles. The number of benzene rings is 2. The van der Waals surface area contributed by atoms with Crippen LogP contribution in [0.1, 0.15) is 37.8 Å². The van der Waals surface area contributed by atoms with Crippen molar-refractivity contribution in [3.05, 3.63) is 70.9 Å². The van der Waals surface area contributed by atoms with Gasteiger partial charge in [0.15, 0.2) is 5.82 Å². The second-order valence-electron chi connectivity index (χ2n) is 6.47. The standard InChI is InChI=1S/C20H19N5O3/c1-21-20(27)15-9-13(19(26)23-17-10-22-25(2)24-17)8-14-16(11-28-18(14)15)12-6-4-3-5-7-12/h3-10,16H,11H2,1-2H3,(H,21,27)(H,23,24,26)/t16-/m0/s1. The maximum atomic E-state index is 12.8. The molecule has 1 atom stereocenters. The van der Waals surface area contributed by atoms with Gasteiger partial charge in [-0.05, 0) is 17.7 Å². The SMILES string of the molecule is CNC(=O)c1cc(C(=O)Nc2cnn(C)n2)cc2c1OC[C@H]2c1ccccc1. The molecule has 0 fully saturated rings. The molecule has 0 spiro atoms. The molecule has 8 nitrogen and oxygen atoms in total. The van der Waals surface area contributed by atoms with Crippen molar-refractivity contribution in [1.29, 1.82) is 0 Å². The average Bonchev–Trinajstić information content (AvgIpc) is 3.33. The van der Waals surface area contributed by atoms with Gasteiger partial charge in [-0.25, -0.2) is 0 Å². The topological polar surface area (TPSA) is 98.1 Å². The number of rotatable bonds is 4. The summed E-state index contributed by atoms with van der Waals surface area (Å²) in [6.45, 7) is 0.415. The zero-order valence-corrected chi connectivity index (χ0v) is 15.5. The number of ether oxygens (including phenoxy) is 1. The summed E-state index contributed by atoms with van der Waals surface area (Å²) in [7, 11) is 3.21. The summed E-state index contributed by atoms with van der Waals surface area (Å²) in [6.07, 6.45) is 1.46. The maximum Gasteiger partial charge on any atom is 0.256 e. The molecule has 2 amide bonds. The highest BCUT2D eigenvalue weighted by atomic mass is 16.5. The van der Waals surface area contributed by atoms with Crippen molar-refractivity contribution in [2.24, 2.45) is 7.05 Å². The first kappa shape index (κ1) is 17.7. The molecule has 2 heterocycles. The van der Waals surface area contributed by atoms with E-state index in [1.807, 2.05) is 30.3 Å². The van der Waals surface area contributed by atoms with Crippen LogP contribution in [-0.2, 0) is 7.05 Å². The first-order chi connectivity index (χ1) is 13.6. The summed E-state index contributed by atoms with van der Waals surface area (Å²) >= 11 is 0. The first-order valence-electron chi connectivity index (χ1n) is 8.82. The lowest BCUT2D eigenvalue weighted by Crippen LogP contribution is -2.20. The highest BCUT2D eigenvalue weighted by molar-refractivity contribution is 6.07. The van der Waals surface area contributed by atoms with Gasteiger partial charge in [0.05, 0.1) is 18.4 Å². The molecule has 8 heteroatoms. The van der Waals surface area contributed by atoms with Crippen LogP contribution in [0.3, 0.4) is 0 Å². The third-order valence-corrected chi connectivity index (χ3v) is 4.66. The van der Waals surface area contributed by atoms with E-state index < -0.39 is 0 Å². The number of amides is 2. The Labute approximate surface area is 161 Å². The summed E-state index contributed by atoms with van der Waals surface area (Å²) in [5.41, 5.74) is 2.57. The Kier molecular flexibility index (Phi) is 4.52. The van der Waals surface area contributed by atoms with Gasteiger partial charge in [0.2, 0.25) is 0 Å². The molecule has 0 saturated heterocycles. The normalized spacial score (nSPS) is 14.9. The number of anilines is 1. The summed E-state index contributed by atoms with van der Waals surface area (Å²) in [6, 6.07) is 13.2. The monoisotopic (exact) mass is 377 g/mol. The quantitative estimate of drug-likeness (QED) is 0.724. The van der Waals surface area contributed by atoms with E-state index >= 15 is 0 Å². The van der Waals surface area contributed by atoms with Crippen molar-refractivity contribution in [2.45, 2.75) is 5.92 Å². The summed E-state index contributed by atoms with van der Waals surface area (Å²) in [4.78, 5) is 26.5. The van der Waals surface area contributed by atoms with E-state index in [2.05, 4.69) is 20.8 Å². The van der Waals surface area contributed by atoms with Crippen LogP contribution in [0.5, 0.6) is 5.75 Å². The molecule has 3 aromatic rings. The van der Waals surface area contributed by atoms with Gasteiger partial charge < -0.3 is 15.4 Å². The minimum absolute atomic E-state index is 0.0520. The number of aromatic nitrogens is 3. The van der Waals surface area contributed by atoms with Crippen LogP contribution < -0.4 is 15.4 Å². The molecule has 4 rings (SSSR count). The Balaban J connectivity index is 1.76. The molecule has 1 aliphatic rings. The fraction of sp³-hybridized carbons (Fsp3) is 0.200. The van der Waals surface area contributed by atoms with E-state index in [1.165, 1.54) is 17.1 Å². The van der Waals surface area contributed by atoms with Gasteiger partial charge in [-0.3, -0.25) is 9.59 Å². The van der Waals surface area contributed by atoms with Crippen LogP contribution in [0, 0.1) is 0 Å². The predicted octanol–water partition coefficient (Wildman–Crippen LogP) is 1.95. The van der Waals surface area contributed by atoms with Gasteiger partial charge in [-0.15, -0.1) is 5.10 Å². The van der Waals surface area contributed by atoms with Crippen molar-refractivity contribution >= 4 is 17.6 Å². The minimum Gasteiger partial charge on any atom is -0.491 e. The van der Waals surface area contributed by atoms with Crippen molar-refractivity contribution in [1.82, 2.24) is 20.3 Å². The van der Waals surface area contributed by atoms with E-state index in [1.54, 1.807) is 20.2 Å². The van der Waals surface area contributed by atoms with Gasteiger partial charge in [0.25, 0.3) is 11.8 Å². The Morgan fingerprint density at radius 2 is 1.96 bits per heavy atom. The van der Waals surface area contributed by atoms with E-state index in [4.69, 9.17) is 4.74 Å². The highest BCUT2D eigenvalue weighted by Gasteiger charge is 2.31. The Morgan fingerprint density at radius 1 is 1.18 bits per heavy atom. The van der Waals surface area contributed by atoms with Gasteiger partial charge in [0.1, 0.15) is 5.75 Å². The zero-order valence-electron chi connectivity index (χ0n) is 15.5. The molecular weight excluding hydrogens is 358 g/mol. The van der Waals surface area contributed by atoms with Crippen molar-refractivity contribution in [3.8, 4) is 5.75 Å². The molecule has 0 radical (unpaired) electrons. The number of nitrogens with zero attached hydrogens (tertiary/aromatic N) is 3. The first-order valence-corrected chi connectivity index (χ1v) is 8.82. The summed E-state index contributed by atoms with van der Waals surface area (Å²) < 4.78 is 5.86. The largest absolute Gasteiger partial charge is 0.491 e. The number of aryl methyl sites for hydroxylation is 1.